The van der Waals surface area contributed by atoms with Gasteiger partial charge >= 0.3 is 0 Å². The van der Waals surface area contributed by atoms with Crippen molar-refractivity contribution in [3.8, 4) is 0 Å². The van der Waals surface area contributed by atoms with Crippen molar-refractivity contribution in [2.45, 2.75) is 51.0 Å². The van der Waals surface area contributed by atoms with Crippen molar-refractivity contribution in [1.82, 2.24) is 0 Å². The van der Waals surface area contributed by atoms with Crippen molar-refractivity contribution in [2.75, 3.05) is 0 Å². The van der Waals surface area contributed by atoms with E-state index >= 15 is 0 Å². The molecule has 0 heterocycles. The van der Waals surface area contributed by atoms with E-state index < -0.39 is 0 Å². The molecular weight excluding hydrogens is 220 g/mol. The van der Waals surface area contributed by atoms with E-state index in [1.807, 2.05) is 0 Å². The lowest BCUT2D eigenvalue weighted by Gasteiger charge is -2.13. The van der Waals surface area contributed by atoms with Crippen LogP contribution in [0.1, 0.15) is 42.4 Å². The van der Waals surface area contributed by atoms with Crippen molar-refractivity contribution in [3.63, 3.8) is 0 Å². The van der Waals surface area contributed by atoms with E-state index in [1.54, 1.807) is 0 Å². The number of hydrogen-bond acceptors (Lipinski definition) is 1. The molecule has 0 saturated heterocycles. The molecule has 0 amide bonds. The minimum Gasteiger partial charge on any atom is -0.392 e. The molecule has 0 aliphatic heterocycles. The number of aliphatic hydroxyl groups is 1. The maximum absolute atomic E-state index is 10.4. The maximum atomic E-state index is 10.4. The normalized spacial score (nSPS) is 34.2. The minimum atomic E-state index is -0.0836. The van der Waals surface area contributed by atoms with Crippen LogP contribution in [-0.2, 0) is 19.3 Å². The Kier molecular flexibility index (Phi) is 2.51. The van der Waals surface area contributed by atoms with E-state index in [-0.39, 0.29) is 6.10 Å². The van der Waals surface area contributed by atoms with E-state index in [9.17, 15) is 5.11 Å². The molecule has 4 rings (SSSR count). The molecule has 1 heteroatoms. The molecule has 2 fully saturated rings. The fourth-order valence-corrected chi connectivity index (χ4v) is 4.58. The third-order valence-electron chi connectivity index (χ3n) is 5.52. The molecule has 96 valence electrons. The molecule has 0 aromatic heterocycles. The third kappa shape index (κ3) is 1.72. The third-order valence-corrected chi connectivity index (χ3v) is 5.52. The summed E-state index contributed by atoms with van der Waals surface area (Å²) in [5.41, 5.74) is 4.43. The van der Waals surface area contributed by atoms with Crippen molar-refractivity contribution < 1.29 is 5.11 Å². The summed E-state index contributed by atoms with van der Waals surface area (Å²) in [7, 11) is 0. The van der Waals surface area contributed by atoms with Crippen molar-refractivity contribution in [2.24, 2.45) is 17.8 Å². The first kappa shape index (κ1) is 11.0. The molecule has 0 spiro atoms. The molecular formula is C17H22O. The largest absolute Gasteiger partial charge is 0.392 e. The first-order chi connectivity index (χ1) is 8.83. The van der Waals surface area contributed by atoms with E-state index in [0.29, 0.717) is 5.92 Å². The Hall–Kier alpha value is -0.820. The molecule has 2 saturated carbocycles. The summed E-state index contributed by atoms with van der Waals surface area (Å²) in [5.74, 6) is 2.37. The Morgan fingerprint density at radius 2 is 1.83 bits per heavy atom. The number of aryl methyl sites for hydroxylation is 2. The average molecular weight is 242 g/mol. The summed E-state index contributed by atoms with van der Waals surface area (Å²) in [6, 6.07) is 6.88. The highest BCUT2D eigenvalue weighted by molar-refractivity contribution is 5.35. The van der Waals surface area contributed by atoms with Gasteiger partial charge in [-0.25, -0.2) is 0 Å². The van der Waals surface area contributed by atoms with Crippen LogP contribution in [0.3, 0.4) is 0 Å². The van der Waals surface area contributed by atoms with Crippen LogP contribution in [0.25, 0.3) is 0 Å². The fraction of sp³-hybridized carbons (Fsp3) is 0.647. The van der Waals surface area contributed by atoms with Gasteiger partial charge in [0.25, 0.3) is 0 Å². The summed E-state index contributed by atoms with van der Waals surface area (Å²) in [5, 5.41) is 10.4. The molecule has 0 radical (unpaired) electrons. The highest BCUT2D eigenvalue weighted by atomic mass is 16.3. The summed E-state index contributed by atoms with van der Waals surface area (Å²) in [6.45, 7) is 0. The SMILES string of the molecule is OC(Cc1ccc2c(c1)CCC2)C1C2CCCC21. The zero-order valence-corrected chi connectivity index (χ0v) is 10.9. The summed E-state index contributed by atoms with van der Waals surface area (Å²) >= 11 is 0. The molecule has 1 nitrogen and oxygen atoms in total. The molecule has 1 N–H and O–H groups in total. The summed E-state index contributed by atoms with van der Waals surface area (Å²) in [4.78, 5) is 0. The van der Waals surface area contributed by atoms with Crippen molar-refractivity contribution >= 4 is 0 Å². The van der Waals surface area contributed by atoms with Gasteiger partial charge in [-0.1, -0.05) is 24.6 Å². The van der Waals surface area contributed by atoms with Gasteiger partial charge in [-0.05, 0) is 73.0 Å². The average Bonchev–Trinajstić information content (AvgIpc) is 2.78. The topological polar surface area (TPSA) is 20.2 Å². The predicted octanol–water partition coefficient (Wildman–Crippen LogP) is 3.12. The standard InChI is InChI=1S/C17H22O/c18-16(17-14-5-2-6-15(14)17)10-11-7-8-12-3-1-4-13(12)9-11/h7-9,14-18H,1-6,10H2. The molecule has 3 unspecified atom stereocenters. The monoisotopic (exact) mass is 242 g/mol. The lowest BCUT2D eigenvalue weighted by molar-refractivity contribution is 0.135. The number of fused-ring (bicyclic) bond motifs is 2. The predicted molar refractivity (Wildman–Crippen MR) is 72.5 cm³/mol. The van der Waals surface area contributed by atoms with Crippen LogP contribution in [0.2, 0.25) is 0 Å². The Labute approximate surface area is 109 Å². The Balaban J connectivity index is 1.45. The van der Waals surface area contributed by atoms with E-state index in [0.717, 1.165) is 18.3 Å². The van der Waals surface area contributed by atoms with E-state index in [2.05, 4.69) is 18.2 Å². The second-order valence-corrected chi connectivity index (χ2v) is 6.56. The van der Waals surface area contributed by atoms with Crippen LogP contribution in [-0.4, -0.2) is 11.2 Å². The summed E-state index contributed by atoms with van der Waals surface area (Å²) < 4.78 is 0. The van der Waals surface area contributed by atoms with Gasteiger partial charge < -0.3 is 5.11 Å². The first-order valence-electron chi connectivity index (χ1n) is 7.61. The highest BCUT2D eigenvalue weighted by Gasteiger charge is 2.55. The van der Waals surface area contributed by atoms with Gasteiger partial charge in [-0.15, -0.1) is 0 Å². The molecule has 3 aliphatic rings. The van der Waals surface area contributed by atoms with Crippen molar-refractivity contribution in [1.29, 1.82) is 0 Å². The first-order valence-corrected chi connectivity index (χ1v) is 7.61. The smallest absolute Gasteiger partial charge is 0.0614 e. The van der Waals surface area contributed by atoms with Gasteiger partial charge in [0, 0.05) is 0 Å². The van der Waals surface area contributed by atoms with Crippen LogP contribution in [0, 0.1) is 17.8 Å². The van der Waals surface area contributed by atoms with Crippen LogP contribution in [0.5, 0.6) is 0 Å². The second-order valence-electron chi connectivity index (χ2n) is 6.56. The number of hydrogen-bond donors (Lipinski definition) is 1. The van der Waals surface area contributed by atoms with Crippen LogP contribution < -0.4 is 0 Å². The Morgan fingerprint density at radius 3 is 2.67 bits per heavy atom. The van der Waals surface area contributed by atoms with Gasteiger partial charge in [0.1, 0.15) is 0 Å². The van der Waals surface area contributed by atoms with Crippen LogP contribution in [0.4, 0.5) is 0 Å². The Bertz CT molecular complexity index is 455. The molecule has 18 heavy (non-hydrogen) atoms. The van der Waals surface area contributed by atoms with Crippen LogP contribution >= 0.6 is 0 Å². The van der Waals surface area contributed by atoms with E-state index in [4.69, 9.17) is 0 Å². The van der Waals surface area contributed by atoms with Crippen LogP contribution in [0.15, 0.2) is 18.2 Å². The van der Waals surface area contributed by atoms with Gasteiger partial charge in [0.15, 0.2) is 0 Å². The van der Waals surface area contributed by atoms with Gasteiger partial charge in [0.05, 0.1) is 6.10 Å². The van der Waals surface area contributed by atoms with Gasteiger partial charge in [-0.2, -0.15) is 0 Å². The van der Waals surface area contributed by atoms with Gasteiger partial charge in [-0.3, -0.25) is 0 Å². The Morgan fingerprint density at radius 1 is 1.06 bits per heavy atom. The maximum Gasteiger partial charge on any atom is 0.0614 e. The lowest BCUT2D eigenvalue weighted by atomic mass is 9.97. The molecule has 3 aliphatic carbocycles. The van der Waals surface area contributed by atoms with E-state index in [1.165, 1.54) is 55.2 Å². The quantitative estimate of drug-likeness (QED) is 0.863. The van der Waals surface area contributed by atoms with Crippen molar-refractivity contribution in [3.05, 3.63) is 34.9 Å². The molecule has 1 aromatic rings. The molecule has 3 atom stereocenters. The fourth-order valence-electron chi connectivity index (χ4n) is 4.58. The molecule has 1 aromatic carbocycles. The minimum absolute atomic E-state index is 0.0836. The zero-order valence-electron chi connectivity index (χ0n) is 10.9. The lowest BCUT2D eigenvalue weighted by Crippen LogP contribution is -2.16. The summed E-state index contributed by atoms with van der Waals surface area (Å²) in [6.07, 6.45) is 8.75. The number of aliphatic hydroxyl groups excluding tert-OH is 1. The zero-order chi connectivity index (χ0) is 12.1. The second kappa shape index (κ2) is 4.09. The number of rotatable bonds is 3. The number of benzene rings is 1. The highest BCUT2D eigenvalue weighted by Crippen LogP contribution is 2.59. The molecule has 0 bridgehead atoms. The van der Waals surface area contributed by atoms with Gasteiger partial charge in [0.2, 0.25) is 0 Å².